The first-order chi connectivity index (χ1) is 17.5. The number of nitrogens with zero attached hydrogens (tertiary/aromatic N) is 6. The summed E-state index contributed by atoms with van der Waals surface area (Å²) in [4.78, 5) is 19.4. The third kappa shape index (κ3) is 5.23. The number of hydrogen-bond donors (Lipinski definition) is 1. The molecule has 3 aliphatic rings. The van der Waals surface area contributed by atoms with E-state index < -0.39 is 11.6 Å². The smallest absolute Gasteiger partial charge is 0.207 e. The number of fused-ring (bicyclic) bond motifs is 1. The molecule has 3 fully saturated rings. The van der Waals surface area contributed by atoms with E-state index in [2.05, 4.69) is 24.8 Å². The molecule has 0 radical (unpaired) electrons. The van der Waals surface area contributed by atoms with Gasteiger partial charge in [-0.1, -0.05) is 0 Å². The van der Waals surface area contributed by atoms with Crippen LogP contribution in [0.1, 0.15) is 38.5 Å². The molecule has 4 heterocycles. The van der Waals surface area contributed by atoms with Gasteiger partial charge in [0.1, 0.15) is 29.2 Å². The Morgan fingerprint density at radius 1 is 1.14 bits per heavy atom. The lowest BCUT2D eigenvalue weighted by molar-refractivity contribution is 0.0429. The molecule has 0 bridgehead atoms. The number of aromatic nitrogens is 4. The molecule has 8 nitrogen and oxygen atoms in total. The Morgan fingerprint density at radius 3 is 2.61 bits per heavy atom. The maximum atomic E-state index is 14.1. The molecule has 0 spiro atoms. The lowest BCUT2D eigenvalue weighted by Crippen LogP contribution is -2.38. The highest BCUT2D eigenvalue weighted by atomic mass is 19.1. The summed E-state index contributed by atoms with van der Waals surface area (Å²) in [5, 5.41) is 0. The molecule has 1 saturated carbocycles. The Hall–Kier alpha value is -3.40. The second-order valence-electron chi connectivity index (χ2n) is 9.36. The van der Waals surface area contributed by atoms with Gasteiger partial charge in [0.05, 0.1) is 12.1 Å². The van der Waals surface area contributed by atoms with E-state index >= 15 is 0 Å². The van der Waals surface area contributed by atoms with E-state index in [0.717, 1.165) is 50.1 Å². The molecule has 2 aliphatic heterocycles. The van der Waals surface area contributed by atoms with E-state index in [4.69, 9.17) is 10.5 Å². The van der Waals surface area contributed by atoms with Crippen LogP contribution in [0.4, 0.5) is 14.7 Å². The number of aliphatic imine (C=N–C) groups is 1. The van der Waals surface area contributed by atoms with Crippen molar-refractivity contribution < 1.29 is 13.5 Å². The van der Waals surface area contributed by atoms with Crippen molar-refractivity contribution in [1.29, 1.82) is 0 Å². The molecule has 2 aromatic heterocycles. The summed E-state index contributed by atoms with van der Waals surface area (Å²) in [6, 6.07) is 4.03. The van der Waals surface area contributed by atoms with Crippen LogP contribution in [0.15, 0.2) is 41.3 Å². The first-order valence-corrected chi connectivity index (χ1v) is 12.5. The number of aryl methyl sites for hydroxylation is 1. The summed E-state index contributed by atoms with van der Waals surface area (Å²) in [5.41, 5.74) is 8.45. The molecular weight excluding hydrogens is 464 g/mol. The Morgan fingerprint density at radius 2 is 1.97 bits per heavy atom. The highest BCUT2D eigenvalue weighted by molar-refractivity contribution is 5.89. The van der Waals surface area contributed by atoms with E-state index in [-0.39, 0.29) is 11.7 Å². The van der Waals surface area contributed by atoms with Crippen LogP contribution >= 0.6 is 0 Å². The minimum Gasteiger partial charge on any atom is -0.404 e. The van der Waals surface area contributed by atoms with Crippen molar-refractivity contribution in [3.8, 4) is 11.3 Å². The molecule has 0 amide bonds. The standard InChI is InChI=1S/C15H13F2N5.C11H18N2O/c1-21-13-12(10-4-3-9(16)7-11(10)17)18-8-19-14(13)20-15(21)22-5-2-6-22;12-7-9(8-13-10-4-5-10)11-3-1-2-6-14-11/h3-4,7-8H,2,5-6H2,1H3;7-8,10-11H,1-6,12H2/b;9-7+,13-8?. The molecule has 1 atom stereocenters. The summed E-state index contributed by atoms with van der Waals surface area (Å²) in [6.07, 6.45) is 12.2. The maximum Gasteiger partial charge on any atom is 0.207 e. The van der Waals surface area contributed by atoms with Crippen molar-refractivity contribution in [2.24, 2.45) is 17.8 Å². The molecule has 1 unspecified atom stereocenters. The van der Waals surface area contributed by atoms with E-state index in [1.165, 1.54) is 44.1 Å². The second kappa shape index (κ2) is 10.7. The minimum absolute atomic E-state index is 0.191. The lowest BCUT2D eigenvalue weighted by atomic mass is 10.0. The molecule has 6 rings (SSSR count). The number of anilines is 1. The molecule has 1 aliphatic carbocycles. The van der Waals surface area contributed by atoms with Gasteiger partial charge in [-0.3, -0.25) is 4.99 Å². The summed E-state index contributed by atoms with van der Waals surface area (Å²) < 4.78 is 34.7. The largest absolute Gasteiger partial charge is 0.404 e. The predicted octanol–water partition coefficient (Wildman–Crippen LogP) is 4.15. The highest BCUT2D eigenvalue weighted by Gasteiger charge is 2.24. The monoisotopic (exact) mass is 495 g/mol. The van der Waals surface area contributed by atoms with Crippen molar-refractivity contribution in [3.05, 3.63) is 47.9 Å². The van der Waals surface area contributed by atoms with Gasteiger partial charge < -0.3 is 19.9 Å². The third-order valence-electron chi connectivity index (χ3n) is 6.69. The Bertz CT molecular complexity index is 1270. The van der Waals surface area contributed by atoms with E-state index in [0.29, 0.717) is 22.9 Å². The summed E-state index contributed by atoms with van der Waals surface area (Å²) >= 11 is 0. The van der Waals surface area contributed by atoms with Gasteiger partial charge in [0.2, 0.25) is 5.95 Å². The maximum absolute atomic E-state index is 14.1. The zero-order chi connectivity index (χ0) is 25.1. The van der Waals surface area contributed by atoms with Gasteiger partial charge in [0.15, 0.2) is 5.65 Å². The van der Waals surface area contributed by atoms with E-state index in [1.54, 1.807) is 6.20 Å². The fourth-order valence-electron chi connectivity index (χ4n) is 4.36. The first-order valence-electron chi connectivity index (χ1n) is 12.5. The SMILES string of the molecule is Cn1c(N2CCC2)nc2ncnc(-c3ccc(F)cc3F)c21.N/C=C(\C=NC1CC1)C1CCCCO1. The predicted molar refractivity (Wildman–Crippen MR) is 136 cm³/mol. The number of ether oxygens (including phenoxy) is 1. The molecule has 1 aromatic carbocycles. The van der Waals surface area contributed by atoms with Crippen LogP contribution < -0.4 is 10.6 Å². The van der Waals surface area contributed by atoms with Crippen molar-refractivity contribution in [2.75, 3.05) is 24.6 Å². The highest BCUT2D eigenvalue weighted by Crippen LogP contribution is 2.31. The van der Waals surface area contributed by atoms with Crippen LogP contribution in [0.3, 0.4) is 0 Å². The van der Waals surface area contributed by atoms with Gasteiger partial charge in [-0.25, -0.2) is 18.7 Å². The fraction of sp³-hybridized carbons (Fsp3) is 0.462. The summed E-state index contributed by atoms with van der Waals surface area (Å²) in [5.74, 6) is -0.463. The molecule has 2 N–H and O–H groups in total. The zero-order valence-corrected chi connectivity index (χ0v) is 20.4. The molecule has 36 heavy (non-hydrogen) atoms. The fourth-order valence-corrected chi connectivity index (χ4v) is 4.36. The van der Waals surface area contributed by atoms with Crippen LogP contribution in [0.2, 0.25) is 0 Å². The first kappa shape index (κ1) is 24.3. The van der Waals surface area contributed by atoms with Crippen molar-refractivity contribution >= 4 is 23.3 Å². The Kier molecular flexibility index (Phi) is 7.22. The number of rotatable bonds is 5. The summed E-state index contributed by atoms with van der Waals surface area (Å²) in [6.45, 7) is 2.76. The van der Waals surface area contributed by atoms with Gasteiger partial charge >= 0.3 is 0 Å². The van der Waals surface area contributed by atoms with Gasteiger partial charge in [0.25, 0.3) is 0 Å². The zero-order valence-electron chi connectivity index (χ0n) is 20.4. The molecule has 3 aromatic rings. The number of hydrogen-bond acceptors (Lipinski definition) is 7. The Labute approximate surface area is 208 Å². The van der Waals surface area contributed by atoms with Crippen LogP contribution in [0, 0.1) is 11.6 Å². The lowest BCUT2D eigenvalue weighted by Gasteiger charge is -2.31. The molecule has 190 valence electrons. The van der Waals surface area contributed by atoms with Crippen LogP contribution in [0.5, 0.6) is 0 Å². The molecule has 2 saturated heterocycles. The second-order valence-corrected chi connectivity index (χ2v) is 9.36. The third-order valence-corrected chi connectivity index (χ3v) is 6.69. The minimum atomic E-state index is -0.647. The van der Waals surface area contributed by atoms with Gasteiger partial charge in [-0.2, -0.15) is 4.98 Å². The van der Waals surface area contributed by atoms with E-state index in [1.807, 2.05) is 17.8 Å². The van der Waals surface area contributed by atoms with Crippen molar-refractivity contribution in [1.82, 2.24) is 19.5 Å². The average Bonchev–Trinajstić information content (AvgIpc) is 3.62. The van der Waals surface area contributed by atoms with Crippen LogP contribution in [-0.2, 0) is 11.8 Å². The number of benzene rings is 1. The molecular formula is C26H31F2N7O. The number of imidazole rings is 1. The van der Waals surface area contributed by atoms with Crippen molar-refractivity contribution in [2.45, 2.75) is 50.7 Å². The number of nitrogens with two attached hydrogens (primary N) is 1. The topological polar surface area (TPSA) is 94.5 Å². The van der Waals surface area contributed by atoms with Crippen LogP contribution in [-0.4, -0.2) is 57.6 Å². The number of halogens is 2. The average molecular weight is 496 g/mol. The summed E-state index contributed by atoms with van der Waals surface area (Å²) in [7, 11) is 1.86. The van der Waals surface area contributed by atoms with Gasteiger partial charge in [-0.05, 0) is 50.7 Å². The Balaban J connectivity index is 0.000000165. The van der Waals surface area contributed by atoms with Crippen molar-refractivity contribution in [3.63, 3.8) is 0 Å². The molecule has 10 heteroatoms. The van der Waals surface area contributed by atoms with Crippen LogP contribution in [0.25, 0.3) is 22.4 Å². The van der Waals surface area contributed by atoms with E-state index in [9.17, 15) is 8.78 Å². The quantitative estimate of drug-likeness (QED) is 0.535. The van der Waals surface area contributed by atoms with Gasteiger partial charge in [0, 0.05) is 56.4 Å². The van der Waals surface area contributed by atoms with Gasteiger partial charge in [-0.15, -0.1) is 0 Å². The normalized spacial score (nSPS) is 20.4.